The Hall–Kier alpha value is -1.79. The number of esters is 1. The van der Waals surface area contributed by atoms with Crippen LogP contribution in [0.2, 0.25) is 0 Å². The van der Waals surface area contributed by atoms with Crippen LogP contribution in [0.4, 0.5) is 4.79 Å². The molecule has 1 N–H and O–H groups in total. The Morgan fingerprint density at radius 2 is 1.81 bits per heavy atom. The summed E-state index contributed by atoms with van der Waals surface area (Å²) in [4.78, 5) is 37.5. The number of hydrogen-bond acceptors (Lipinski definition) is 4. The van der Waals surface area contributed by atoms with E-state index in [1.165, 1.54) is 12.0 Å². The lowest BCUT2D eigenvalue weighted by Gasteiger charge is -2.32. The molecular weight excluding hydrogens is 276 g/mol. The molecule has 0 atom stereocenters. The summed E-state index contributed by atoms with van der Waals surface area (Å²) in [6.45, 7) is 6.36. The molecule has 7 nitrogen and oxygen atoms in total. The minimum Gasteiger partial charge on any atom is -0.481 e. The van der Waals surface area contributed by atoms with E-state index < -0.39 is 11.9 Å². The van der Waals surface area contributed by atoms with Gasteiger partial charge in [-0.2, -0.15) is 0 Å². The monoisotopic (exact) mass is 302 g/mol. The number of methoxy groups -OCH3 is 1. The first kappa shape index (κ1) is 19.2. The van der Waals surface area contributed by atoms with Gasteiger partial charge in [0.15, 0.2) is 0 Å². The van der Waals surface area contributed by atoms with Crippen molar-refractivity contribution in [2.24, 2.45) is 0 Å². The van der Waals surface area contributed by atoms with Gasteiger partial charge in [0.2, 0.25) is 0 Å². The van der Waals surface area contributed by atoms with Gasteiger partial charge >= 0.3 is 18.0 Å². The summed E-state index contributed by atoms with van der Waals surface area (Å²) >= 11 is 0. The quantitative estimate of drug-likeness (QED) is 0.653. The molecule has 0 aromatic carbocycles. The molecule has 0 bridgehead atoms. The molecule has 0 aromatic heterocycles. The average molecular weight is 302 g/mol. The summed E-state index contributed by atoms with van der Waals surface area (Å²) < 4.78 is 4.60. The molecule has 0 unspecified atom stereocenters. The number of nitrogens with zero attached hydrogens (tertiary/aromatic N) is 2. The highest BCUT2D eigenvalue weighted by Gasteiger charge is 2.24. The molecule has 7 heteroatoms. The molecule has 0 heterocycles. The molecule has 0 saturated heterocycles. The predicted molar refractivity (Wildman–Crippen MR) is 78.0 cm³/mol. The standard InChI is InChI=1S/C14H26N2O5/c1-5-8-15(10-13(19)21-4)14(20)16(11(2)3)9-6-7-12(17)18/h11H,5-10H2,1-4H3,(H,17,18). The van der Waals surface area contributed by atoms with E-state index in [0.29, 0.717) is 19.5 Å². The summed E-state index contributed by atoms with van der Waals surface area (Å²) in [5, 5.41) is 8.67. The Balaban J connectivity index is 4.78. The number of rotatable bonds is 9. The largest absolute Gasteiger partial charge is 0.481 e. The van der Waals surface area contributed by atoms with Crippen LogP contribution in [0.15, 0.2) is 0 Å². The van der Waals surface area contributed by atoms with Crippen molar-refractivity contribution in [2.75, 3.05) is 26.7 Å². The van der Waals surface area contributed by atoms with E-state index in [-0.39, 0.29) is 25.0 Å². The SMILES string of the molecule is CCCN(CC(=O)OC)C(=O)N(CCCC(=O)O)C(C)C. The summed E-state index contributed by atoms with van der Waals surface area (Å²) in [5.74, 6) is -1.35. The molecule has 122 valence electrons. The summed E-state index contributed by atoms with van der Waals surface area (Å²) in [7, 11) is 1.28. The van der Waals surface area contributed by atoms with Gasteiger partial charge in [-0.05, 0) is 26.7 Å². The fraction of sp³-hybridized carbons (Fsp3) is 0.786. The smallest absolute Gasteiger partial charge is 0.325 e. The second-order valence-electron chi connectivity index (χ2n) is 5.06. The zero-order valence-electron chi connectivity index (χ0n) is 13.3. The number of amides is 2. The van der Waals surface area contributed by atoms with Gasteiger partial charge in [0.1, 0.15) is 6.54 Å². The number of carboxylic acids is 1. The molecule has 0 fully saturated rings. The fourth-order valence-electron chi connectivity index (χ4n) is 1.89. The minimum atomic E-state index is -0.883. The Labute approximate surface area is 125 Å². The van der Waals surface area contributed by atoms with Crippen molar-refractivity contribution in [1.82, 2.24) is 9.80 Å². The number of carboxylic acid groups (broad SMARTS) is 1. The highest BCUT2D eigenvalue weighted by Crippen LogP contribution is 2.08. The van der Waals surface area contributed by atoms with E-state index in [4.69, 9.17) is 5.11 Å². The maximum atomic E-state index is 12.5. The molecule has 0 aliphatic carbocycles. The van der Waals surface area contributed by atoms with Crippen LogP contribution in [0.25, 0.3) is 0 Å². The van der Waals surface area contributed by atoms with Crippen LogP contribution in [0, 0.1) is 0 Å². The van der Waals surface area contributed by atoms with Gasteiger partial charge in [-0.25, -0.2) is 4.79 Å². The van der Waals surface area contributed by atoms with Gasteiger partial charge < -0.3 is 19.6 Å². The summed E-state index contributed by atoms with van der Waals surface area (Å²) in [5.41, 5.74) is 0. The maximum absolute atomic E-state index is 12.5. The Bertz CT molecular complexity index is 357. The molecule has 0 saturated carbocycles. The molecule has 0 aromatic rings. The van der Waals surface area contributed by atoms with E-state index >= 15 is 0 Å². The first-order valence-corrected chi connectivity index (χ1v) is 7.17. The number of hydrogen-bond donors (Lipinski definition) is 1. The zero-order valence-corrected chi connectivity index (χ0v) is 13.3. The van der Waals surface area contributed by atoms with E-state index in [1.54, 1.807) is 4.90 Å². The second-order valence-corrected chi connectivity index (χ2v) is 5.06. The lowest BCUT2D eigenvalue weighted by Crippen LogP contribution is -2.49. The average Bonchev–Trinajstić information content (AvgIpc) is 2.41. The van der Waals surface area contributed by atoms with Crippen molar-refractivity contribution >= 4 is 18.0 Å². The van der Waals surface area contributed by atoms with E-state index in [2.05, 4.69) is 4.74 Å². The Morgan fingerprint density at radius 1 is 1.19 bits per heavy atom. The molecule has 0 aliphatic heterocycles. The van der Waals surface area contributed by atoms with Crippen molar-refractivity contribution in [3.8, 4) is 0 Å². The van der Waals surface area contributed by atoms with Crippen LogP contribution in [0.5, 0.6) is 0 Å². The third kappa shape index (κ3) is 7.53. The van der Waals surface area contributed by atoms with Crippen molar-refractivity contribution in [1.29, 1.82) is 0 Å². The second kappa shape index (κ2) is 10.0. The normalized spacial score (nSPS) is 10.3. The van der Waals surface area contributed by atoms with Crippen molar-refractivity contribution < 1.29 is 24.2 Å². The summed E-state index contributed by atoms with van der Waals surface area (Å²) in [6.07, 6.45) is 1.13. The number of carbonyl (C=O) groups is 3. The molecular formula is C14H26N2O5. The first-order chi connectivity index (χ1) is 9.83. The van der Waals surface area contributed by atoms with Crippen LogP contribution in [-0.4, -0.2) is 65.7 Å². The van der Waals surface area contributed by atoms with Gasteiger partial charge in [-0.3, -0.25) is 9.59 Å². The van der Waals surface area contributed by atoms with Gasteiger partial charge in [0.25, 0.3) is 0 Å². The van der Waals surface area contributed by atoms with E-state index in [9.17, 15) is 14.4 Å². The van der Waals surface area contributed by atoms with Crippen LogP contribution in [-0.2, 0) is 14.3 Å². The lowest BCUT2D eigenvalue weighted by molar-refractivity contribution is -0.141. The van der Waals surface area contributed by atoms with Crippen molar-refractivity contribution in [3.63, 3.8) is 0 Å². The third-order valence-corrected chi connectivity index (χ3v) is 2.97. The molecule has 2 amide bonds. The molecule has 21 heavy (non-hydrogen) atoms. The van der Waals surface area contributed by atoms with Crippen molar-refractivity contribution in [3.05, 3.63) is 0 Å². The van der Waals surface area contributed by atoms with Crippen LogP contribution < -0.4 is 0 Å². The topological polar surface area (TPSA) is 87.2 Å². The van der Waals surface area contributed by atoms with Crippen LogP contribution in [0.1, 0.15) is 40.0 Å². The molecule has 0 radical (unpaired) electrons. The third-order valence-electron chi connectivity index (χ3n) is 2.97. The van der Waals surface area contributed by atoms with Crippen LogP contribution >= 0.6 is 0 Å². The van der Waals surface area contributed by atoms with Gasteiger partial charge in [-0.1, -0.05) is 6.92 Å². The van der Waals surface area contributed by atoms with Crippen LogP contribution in [0.3, 0.4) is 0 Å². The first-order valence-electron chi connectivity index (χ1n) is 7.17. The van der Waals surface area contributed by atoms with E-state index in [1.807, 2.05) is 20.8 Å². The highest BCUT2D eigenvalue weighted by atomic mass is 16.5. The van der Waals surface area contributed by atoms with E-state index in [0.717, 1.165) is 6.42 Å². The minimum absolute atomic E-state index is 0.0152. The fourth-order valence-corrected chi connectivity index (χ4v) is 1.89. The number of carbonyl (C=O) groups excluding carboxylic acids is 2. The molecule has 0 aliphatic rings. The van der Waals surface area contributed by atoms with Gasteiger partial charge in [0, 0.05) is 25.6 Å². The predicted octanol–water partition coefficient (Wildman–Crippen LogP) is 1.57. The van der Waals surface area contributed by atoms with Gasteiger partial charge in [0.05, 0.1) is 7.11 Å². The maximum Gasteiger partial charge on any atom is 0.325 e. The summed E-state index contributed by atoms with van der Waals surface area (Å²) in [6, 6.07) is -0.328. The lowest BCUT2D eigenvalue weighted by atomic mass is 10.2. The number of aliphatic carboxylic acids is 1. The number of ether oxygens (including phenoxy) is 1. The Kier molecular flexibility index (Phi) is 9.16. The zero-order chi connectivity index (χ0) is 16.4. The Morgan fingerprint density at radius 3 is 2.24 bits per heavy atom. The van der Waals surface area contributed by atoms with Crippen molar-refractivity contribution in [2.45, 2.75) is 46.1 Å². The molecule has 0 rings (SSSR count). The van der Waals surface area contributed by atoms with Gasteiger partial charge in [-0.15, -0.1) is 0 Å². The number of urea groups is 1. The molecule has 0 spiro atoms. The highest BCUT2D eigenvalue weighted by molar-refractivity contribution is 5.81.